The number of aryl methyl sites for hydroxylation is 2. The molecular formula is C19H17FN2O2S. The van der Waals surface area contributed by atoms with Crippen molar-refractivity contribution in [2.24, 2.45) is 0 Å². The largest absolute Gasteiger partial charge is 0.486 e. The van der Waals surface area contributed by atoms with Crippen LogP contribution in [0.2, 0.25) is 0 Å². The maximum Gasteiger partial charge on any atom is 0.259 e. The molecule has 3 rings (SSSR count). The maximum absolute atomic E-state index is 13.2. The average Bonchev–Trinajstić information content (AvgIpc) is 3.01. The molecule has 3 aromatic rings. The average molecular weight is 356 g/mol. The lowest BCUT2D eigenvalue weighted by Gasteiger charge is -2.12. The van der Waals surface area contributed by atoms with Gasteiger partial charge in [-0.15, -0.1) is 11.3 Å². The summed E-state index contributed by atoms with van der Waals surface area (Å²) in [6.07, 6.45) is 0. The van der Waals surface area contributed by atoms with Gasteiger partial charge in [-0.2, -0.15) is 0 Å². The number of carbonyl (C=O) groups excluding carboxylic acids is 1. The Morgan fingerprint density at radius 2 is 2.04 bits per heavy atom. The quantitative estimate of drug-likeness (QED) is 0.719. The SMILES string of the molecule is Cc1nc(COc2ccccc2C(=O)Nc2ccc(F)cc2C)cs1. The number of carbonyl (C=O) groups is 1. The van der Waals surface area contributed by atoms with Gasteiger partial charge in [0.15, 0.2) is 0 Å². The standard InChI is InChI=1S/C19H17FN2O2S/c1-12-9-14(20)7-8-17(12)22-19(23)16-5-3-4-6-18(16)24-10-15-11-25-13(2)21-15/h3-9,11H,10H2,1-2H3,(H,22,23). The molecular weight excluding hydrogens is 339 g/mol. The normalized spacial score (nSPS) is 10.5. The summed E-state index contributed by atoms with van der Waals surface area (Å²) in [4.78, 5) is 16.9. The van der Waals surface area contributed by atoms with E-state index in [1.54, 1.807) is 42.5 Å². The number of nitrogens with one attached hydrogen (secondary N) is 1. The molecule has 0 saturated heterocycles. The van der Waals surface area contributed by atoms with Gasteiger partial charge in [-0.05, 0) is 49.7 Å². The van der Waals surface area contributed by atoms with E-state index < -0.39 is 0 Å². The molecule has 0 unspecified atom stereocenters. The van der Waals surface area contributed by atoms with E-state index in [9.17, 15) is 9.18 Å². The highest BCUT2D eigenvalue weighted by Gasteiger charge is 2.14. The van der Waals surface area contributed by atoms with Gasteiger partial charge in [0.25, 0.3) is 5.91 Å². The lowest BCUT2D eigenvalue weighted by atomic mass is 10.1. The smallest absolute Gasteiger partial charge is 0.259 e. The van der Waals surface area contributed by atoms with E-state index >= 15 is 0 Å². The molecule has 0 aliphatic carbocycles. The number of anilines is 1. The third-order valence-corrected chi connectivity index (χ3v) is 4.43. The van der Waals surface area contributed by atoms with E-state index in [2.05, 4.69) is 10.3 Å². The Hall–Kier alpha value is -2.73. The molecule has 0 aliphatic heterocycles. The third-order valence-electron chi connectivity index (χ3n) is 3.61. The summed E-state index contributed by atoms with van der Waals surface area (Å²) in [5, 5.41) is 5.70. The highest BCUT2D eigenvalue weighted by atomic mass is 32.1. The lowest BCUT2D eigenvalue weighted by Crippen LogP contribution is -2.14. The molecule has 0 spiro atoms. The van der Waals surface area contributed by atoms with Crippen LogP contribution < -0.4 is 10.1 Å². The van der Waals surface area contributed by atoms with Crippen LogP contribution in [0.25, 0.3) is 0 Å². The first-order valence-electron chi connectivity index (χ1n) is 7.73. The number of benzene rings is 2. The van der Waals surface area contributed by atoms with Crippen molar-refractivity contribution in [1.82, 2.24) is 4.98 Å². The molecule has 4 nitrogen and oxygen atoms in total. The van der Waals surface area contributed by atoms with E-state index in [0.717, 1.165) is 10.7 Å². The molecule has 6 heteroatoms. The van der Waals surface area contributed by atoms with Gasteiger partial charge in [0.05, 0.1) is 16.3 Å². The van der Waals surface area contributed by atoms with Gasteiger partial charge in [0, 0.05) is 11.1 Å². The summed E-state index contributed by atoms with van der Waals surface area (Å²) in [6.45, 7) is 3.97. The van der Waals surface area contributed by atoms with Gasteiger partial charge < -0.3 is 10.1 Å². The van der Waals surface area contributed by atoms with Gasteiger partial charge in [-0.1, -0.05) is 12.1 Å². The van der Waals surface area contributed by atoms with Gasteiger partial charge in [0.2, 0.25) is 0 Å². The van der Waals surface area contributed by atoms with Gasteiger partial charge in [-0.25, -0.2) is 9.37 Å². The Kier molecular flexibility index (Phi) is 5.09. The molecule has 2 aromatic carbocycles. The van der Waals surface area contributed by atoms with Crippen molar-refractivity contribution in [3.8, 4) is 5.75 Å². The Morgan fingerprint density at radius 3 is 2.76 bits per heavy atom. The van der Waals surface area contributed by atoms with Crippen molar-refractivity contribution in [2.75, 3.05) is 5.32 Å². The van der Waals surface area contributed by atoms with Crippen LogP contribution in [0.5, 0.6) is 5.75 Å². The van der Waals surface area contributed by atoms with Crippen LogP contribution in [0.1, 0.15) is 26.6 Å². The molecule has 0 radical (unpaired) electrons. The molecule has 128 valence electrons. The highest BCUT2D eigenvalue weighted by molar-refractivity contribution is 7.09. The minimum atomic E-state index is -0.335. The van der Waals surface area contributed by atoms with Crippen LogP contribution in [0.4, 0.5) is 10.1 Å². The number of rotatable bonds is 5. The number of hydrogen-bond acceptors (Lipinski definition) is 4. The van der Waals surface area contributed by atoms with Gasteiger partial charge in [0.1, 0.15) is 18.2 Å². The lowest BCUT2D eigenvalue weighted by molar-refractivity contribution is 0.102. The predicted molar refractivity (Wildman–Crippen MR) is 96.7 cm³/mol. The summed E-state index contributed by atoms with van der Waals surface area (Å²) >= 11 is 1.55. The number of ether oxygens (including phenoxy) is 1. The molecule has 1 amide bonds. The molecule has 25 heavy (non-hydrogen) atoms. The number of hydrogen-bond donors (Lipinski definition) is 1. The number of thiazole rings is 1. The molecule has 0 fully saturated rings. The Balaban J connectivity index is 1.76. The summed E-state index contributed by atoms with van der Waals surface area (Å²) < 4.78 is 19.0. The monoisotopic (exact) mass is 356 g/mol. The first-order valence-corrected chi connectivity index (χ1v) is 8.61. The Morgan fingerprint density at radius 1 is 1.24 bits per heavy atom. The van der Waals surface area contributed by atoms with E-state index in [4.69, 9.17) is 4.74 Å². The first kappa shape index (κ1) is 17.1. The predicted octanol–water partition coefficient (Wildman–Crippen LogP) is 4.73. The molecule has 0 bridgehead atoms. The van der Waals surface area contributed by atoms with Gasteiger partial charge >= 0.3 is 0 Å². The van der Waals surface area contributed by atoms with Crippen LogP contribution >= 0.6 is 11.3 Å². The summed E-state index contributed by atoms with van der Waals surface area (Å²) in [7, 11) is 0. The van der Waals surface area contributed by atoms with Crippen LogP contribution in [-0.4, -0.2) is 10.9 Å². The zero-order valence-electron chi connectivity index (χ0n) is 13.9. The first-order chi connectivity index (χ1) is 12.0. The highest BCUT2D eigenvalue weighted by Crippen LogP contribution is 2.23. The third kappa shape index (κ3) is 4.22. The number of aromatic nitrogens is 1. The molecule has 1 aromatic heterocycles. The van der Waals surface area contributed by atoms with Crippen LogP contribution in [0.15, 0.2) is 47.8 Å². The molecule has 1 heterocycles. The van der Waals surface area contributed by atoms with E-state index in [1.807, 2.05) is 18.4 Å². The summed E-state index contributed by atoms with van der Waals surface area (Å²) in [6, 6.07) is 11.2. The summed E-state index contributed by atoms with van der Waals surface area (Å²) in [5.74, 6) is -0.164. The molecule has 0 atom stereocenters. The Labute approximate surface area is 149 Å². The van der Waals surface area contributed by atoms with E-state index in [-0.39, 0.29) is 11.7 Å². The van der Waals surface area contributed by atoms with Crippen molar-refractivity contribution in [3.05, 3.63) is 75.5 Å². The van der Waals surface area contributed by atoms with Crippen molar-refractivity contribution in [3.63, 3.8) is 0 Å². The second kappa shape index (κ2) is 7.44. The summed E-state index contributed by atoms with van der Waals surface area (Å²) in [5.41, 5.74) is 2.46. The topological polar surface area (TPSA) is 51.2 Å². The fourth-order valence-corrected chi connectivity index (χ4v) is 2.96. The number of amides is 1. The van der Waals surface area contributed by atoms with E-state index in [1.165, 1.54) is 12.1 Å². The van der Waals surface area contributed by atoms with Crippen molar-refractivity contribution < 1.29 is 13.9 Å². The van der Waals surface area contributed by atoms with Crippen LogP contribution in [0, 0.1) is 19.7 Å². The number of nitrogens with zero attached hydrogens (tertiary/aromatic N) is 1. The molecule has 0 saturated carbocycles. The maximum atomic E-state index is 13.2. The Bertz CT molecular complexity index is 908. The molecule has 0 aliphatic rings. The molecule has 1 N–H and O–H groups in total. The minimum Gasteiger partial charge on any atom is -0.486 e. The van der Waals surface area contributed by atoms with Crippen LogP contribution in [0.3, 0.4) is 0 Å². The second-order valence-electron chi connectivity index (χ2n) is 5.56. The van der Waals surface area contributed by atoms with Crippen LogP contribution in [-0.2, 0) is 6.61 Å². The van der Waals surface area contributed by atoms with E-state index in [0.29, 0.717) is 29.2 Å². The zero-order valence-corrected chi connectivity index (χ0v) is 14.7. The van der Waals surface area contributed by atoms with Crippen molar-refractivity contribution in [1.29, 1.82) is 0 Å². The fourth-order valence-electron chi connectivity index (χ4n) is 2.36. The van der Waals surface area contributed by atoms with Crippen molar-refractivity contribution in [2.45, 2.75) is 20.5 Å². The van der Waals surface area contributed by atoms with Gasteiger partial charge in [-0.3, -0.25) is 4.79 Å². The fraction of sp³-hybridized carbons (Fsp3) is 0.158. The zero-order chi connectivity index (χ0) is 17.8. The second-order valence-corrected chi connectivity index (χ2v) is 6.62. The minimum absolute atomic E-state index is 0.296. The number of halogens is 1. The number of para-hydroxylation sites is 1. The van der Waals surface area contributed by atoms with Crippen molar-refractivity contribution >= 4 is 22.9 Å².